The quantitative estimate of drug-likeness (QED) is 0.171. The van der Waals surface area contributed by atoms with Gasteiger partial charge >= 0.3 is 0 Å². The SMILES string of the molecule is Cc1ccc(S(=O)(=O)N(CC(=O)N(Cc2c(Cl)cccc2Cl)C(Cc2ccccc2)C(=O)NC(C)C)c2cc(C)cc(C)c2)cc1. The van der Waals surface area contributed by atoms with Crippen molar-refractivity contribution in [2.45, 2.75) is 64.6 Å². The fraction of sp³-hybridized carbons (Fsp3) is 0.278. The lowest BCUT2D eigenvalue weighted by molar-refractivity contribution is -0.140. The van der Waals surface area contributed by atoms with Crippen molar-refractivity contribution in [3.63, 3.8) is 0 Å². The smallest absolute Gasteiger partial charge is 0.264 e. The summed E-state index contributed by atoms with van der Waals surface area (Å²) in [6, 6.07) is 25.0. The molecule has 10 heteroatoms. The van der Waals surface area contributed by atoms with E-state index < -0.39 is 28.5 Å². The fourth-order valence-corrected chi connectivity index (χ4v) is 7.16. The topological polar surface area (TPSA) is 86.8 Å². The second-order valence-electron chi connectivity index (χ2n) is 11.8. The monoisotopic (exact) mass is 679 g/mol. The highest BCUT2D eigenvalue weighted by molar-refractivity contribution is 7.92. The molecule has 7 nitrogen and oxygen atoms in total. The summed E-state index contributed by atoms with van der Waals surface area (Å²) in [5, 5.41) is 3.59. The molecule has 0 saturated heterocycles. The number of hydrogen-bond acceptors (Lipinski definition) is 4. The third-order valence-electron chi connectivity index (χ3n) is 7.47. The molecule has 0 aliphatic rings. The van der Waals surface area contributed by atoms with Crippen LogP contribution in [0.4, 0.5) is 5.69 Å². The van der Waals surface area contributed by atoms with Crippen molar-refractivity contribution < 1.29 is 18.0 Å². The molecule has 4 aromatic carbocycles. The summed E-state index contributed by atoms with van der Waals surface area (Å²) in [6.07, 6.45) is 0.182. The van der Waals surface area contributed by atoms with Gasteiger partial charge in [0.05, 0.1) is 10.6 Å². The molecule has 4 aromatic rings. The van der Waals surface area contributed by atoms with Gasteiger partial charge in [0.2, 0.25) is 11.8 Å². The number of sulfonamides is 1. The van der Waals surface area contributed by atoms with Crippen LogP contribution in [0.15, 0.2) is 95.9 Å². The predicted octanol–water partition coefficient (Wildman–Crippen LogP) is 7.28. The van der Waals surface area contributed by atoms with Gasteiger partial charge in [-0.3, -0.25) is 13.9 Å². The first-order valence-corrected chi connectivity index (χ1v) is 17.2. The zero-order valence-electron chi connectivity index (χ0n) is 26.6. The van der Waals surface area contributed by atoms with Gasteiger partial charge in [0.1, 0.15) is 12.6 Å². The van der Waals surface area contributed by atoms with Crippen LogP contribution in [0.1, 0.15) is 41.7 Å². The number of carbonyl (C=O) groups excluding carboxylic acids is 2. The fourth-order valence-electron chi connectivity index (χ4n) is 5.25. The summed E-state index contributed by atoms with van der Waals surface area (Å²) in [7, 11) is -4.21. The first kappa shape index (κ1) is 35.0. The molecule has 0 fully saturated rings. The number of hydrogen-bond donors (Lipinski definition) is 1. The number of amides is 2. The van der Waals surface area contributed by atoms with Gasteiger partial charge in [-0.25, -0.2) is 8.42 Å². The van der Waals surface area contributed by atoms with Crippen molar-refractivity contribution in [3.05, 3.63) is 129 Å². The van der Waals surface area contributed by atoms with E-state index >= 15 is 0 Å². The summed E-state index contributed by atoms with van der Waals surface area (Å²) in [6.45, 7) is 8.59. The summed E-state index contributed by atoms with van der Waals surface area (Å²) in [5.41, 5.74) is 4.19. The highest BCUT2D eigenvalue weighted by Gasteiger charge is 2.35. The number of halogens is 2. The first-order chi connectivity index (χ1) is 21.8. The number of anilines is 1. The van der Waals surface area contributed by atoms with E-state index in [1.807, 2.05) is 71.0 Å². The maximum atomic E-state index is 14.6. The minimum absolute atomic E-state index is 0.0455. The molecule has 0 aromatic heterocycles. The maximum absolute atomic E-state index is 14.6. The highest BCUT2D eigenvalue weighted by atomic mass is 35.5. The van der Waals surface area contributed by atoms with E-state index in [0.29, 0.717) is 21.3 Å². The van der Waals surface area contributed by atoms with Gasteiger partial charge in [0.15, 0.2) is 0 Å². The molecule has 1 N–H and O–H groups in total. The molecule has 242 valence electrons. The lowest BCUT2D eigenvalue weighted by Gasteiger charge is -2.34. The molecular formula is C36H39Cl2N3O4S. The average Bonchev–Trinajstić information content (AvgIpc) is 2.98. The van der Waals surface area contributed by atoms with E-state index in [1.54, 1.807) is 42.5 Å². The molecule has 46 heavy (non-hydrogen) atoms. The summed E-state index contributed by atoms with van der Waals surface area (Å²) < 4.78 is 29.6. The largest absolute Gasteiger partial charge is 0.352 e. The number of rotatable bonds is 12. The maximum Gasteiger partial charge on any atom is 0.264 e. The van der Waals surface area contributed by atoms with Gasteiger partial charge in [0, 0.05) is 34.6 Å². The Labute approximate surface area is 282 Å². The zero-order chi connectivity index (χ0) is 33.6. The van der Waals surface area contributed by atoms with Crippen molar-refractivity contribution in [3.8, 4) is 0 Å². The van der Waals surface area contributed by atoms with Crippen LogP contribution in [-0.4, -0.2) is 43.8 Å². The molecule has 1 atom stereocenters. The second-order valence-corrected chi connectivity index (χ2v) is 14.4. The Morgan fingerprint density at radius 3 is 1.93 bits per heavy atom. The minimum atomic E-state index is -4.21. The lowest BCUT2D eigenvalue weighted by atomic mass is 10.0. The van der Waals surface area contributed by atoms with Crippen LogP contribution in [0.2, 0.25) is 10.0 Å². The molecule has 1 unspecified atom stereocenters. The van der Waals surface area contributed by atoms with Crippen LogP contribution >= 0.6 is 23.2 Å². The van der Waals surface area contributed by atoms with Crippen LogP contribution in [0.3, 0.4) is 0 Å². The number of benzene rings is 4. The van der Waals surface area contributed by atoms with E-state index in [0.717, 1.165) is 26.6 Å². The normalized spacial score (nSPS) is 12.1. The Morgan fingerprint density at radius 1 is 0.783 bits per heavy atom. The Balaban J connectivity index is 1.86. The van der Waals surface area contributed by atoms with Crippen LogP contribution in [0.5, 0.6) is 0 Å². The third kappa shape index (κ3) is 8.69. The van der Waals surface area contributed by atoms with E-state index in [9.17, 15) is 18.0 Å². The predicted molar refractivity (Wildman–Crippen MR) is 186 cm³/mol. The van der Waals surface area contributed by atoms with E-state index in [4.69, 9.17) is 23.2 Å². The molecule has 2 amide bonds. The van der Waals surface area contributed by atoms with Crippen molar-refractivity contribution in [2.24, 2.45) is 0 Å². The van der Waals surface area contributed by atoms with Gasteiger partial charge in [-0.1, -0.05) is 83.4 Å². The molecule has 0 aliphatic carbocycles. The standard InChI is InChI=1S/C36H39Cl2N3O4S/c1-24(2)39-36(43)34(21-28-10-7-6-8-11-28)40(22-31-32(37)12-9-13-33(31)38)35(42)23-41(29-19-26(4)18-27(5)20-29)46(44,45)30-16-14-25(3)15-17-30/h6-20,24,34H,21-23H2,1-5H3,(H,39,43). The van der Waals surface area contributed by atoms with E-state index in [1.165, 1.54) is 17.0 Å². The molecule has 0 aliphatic heterocycles. The van der Waals surface area contributed by atoms with Gasteiger partial charge < -0.3 is 10.2 Å². The van der Waals surface area contributed by atoms with E-state index in [-0.39, 0.29) is 29.8 Å². The summed E-state index contributed by atoms with van der Waals surface area (Å²) in [5.74, 6) is -0.972. The summed E-state index contributed by atoms with van der Waals surface area (Å²) in [4.78, 5) is 29.9. The van der Waals surface area contributed by atoms with Crippen molar-refractivity contribution in [1.82, 2.24) is 10.2 Å². The van der Waals surface area contributed by atoms with Gasteiger partial charge in [-0.05, 0) is 87.7 Å². The van der Waals surface area contributed by atoms with Gasteiger partial charge in [-0.15, -0.1) is 0 Å². The highest BCUT2D eigenvalue weighted by Crippen LogP contribution is 2.30. The molecule has 4 rings (SSSR count). The van der Waals surface area contributed by atoms with E-state index in [2.05, 4.69) is 5.32 Å². The van der Waals surface area contributed by atoms with Crippen LogP contribution in [0, 0.1) is 20.8 Å². The molecule has 0 saturated carbocycles. The number of nitrogens with one attached hydrogen (secondary N) is 1. The van der Waals surface area contributed by atoms with Crippen LogP contribution < -0.4 is 9.62 Å². The number of carbonyl (C=O) groups is 2. The van der Waals surface area contributed by atoms with Gasteiger partial charge in [-0.2, -0.15) is 0 Å². The Morgan fingerprint density at radius 2 is 1.37 bits per heavy atom. The lowest BCUT2D eigenvalue weighted by Crippen LogP contribution is -2.54. The Kier molecular flexibility index (Phi) is 11.5. The number of nitrogens with zero attached hydrogens (tertiary/aromatic N) is 2. The molecular weight excluding hydrogens is 641 g/mol. The average molecular weight is 681 g/mol. The number of aryl methyl sites for hydroxylation is 3. The summed E-state index contributed by atoms with van der Waals surface area (Å²) >= 11 is 13.2. The van der Waals surface area contributed by atoms with Crippen molar-refractivity contribution >= 4 is 50.7 Å². The third-order valence-corrected chi connectivity index (χ3v) is 9.97. The molecule has 0 spiro atoms. The Hall–Kier alpha value is -3.85. The minimum Gasteiger partial charge on any atom is -0.352 e. The van der Waals surface area contributed by atoms with Crippen LogP contribution in [0.25, 0.3) is 0 Å². The molecule has 0 bridgehead atoms. The molecule has 0 radical (unpaired) electrons. The van der Waals surface area contributed by atoms with Crippen molar-refractivity contribution in [1.29, 1.82) is 0 Å². The van der Waals surface area contributed by atoms with Gasteiger partial charge in [0.25, 0.3) is 10.0 Å². The second kappa shape index (κ2) is 15.2. The first-order valence-electron chi connectivity index (χ1n) is 15.0. The Bertz CT molecular complexity index is 1760. The van der Waals surface area contributed by atoms with Crippen LogP contribution in [-0.2, 0) is 32.6 Å². The molecule has 0 heterocycles. The zero-order valence-corrected chi connectivity index (χ0v) is 29.0. The van der Waals surface area contributed by atoms with Crippen molar-refractivity contribution in [2.75, 3.05) is 10.8 Å².